The number of rotatable bonds is 2. The summed E-state index contributed by atoms with van der Waals surface area (Å²) in [7, 11) is 0. The van der Waals surface area contributed by atoms with Gasteiger partial charge in [-0.2, -0.15) is 5.10 Å². The van der Waals surface area contributed by atoms with Gasteiger partial charge in [0.25, 0.3) is 0 Å². The maximum absolute atomic E-state index is 12.1. The average Bonchev–Trinajstić information content (AvgIpc) is 2.82. The minimum absolute atomic E-state index is 0.280. The fraction of sp³-hybridized carbons (Fsp3) is 0.429. The number of halogens is 1. The molecule has 0 bridgehead atoms. The summed E-state index contributed by atoms with van der Waals surface area (Å²) in [5, 5.41) is 7.27. The van der Waals surface area contributed by atoms with Crippen molar-refractivity contribution in [3.63, 3.8) is 0 Å². The first kappa shape index (κ1) is 13.4. The number of nitrogens with zero attached hydrogens (tertiary/aromatic N) is 2. The average molecular weight is 293 g/mol. The second kappa shape index (κ2) is 5.07. The minimum Gasteiger partial charge on any atom is -0.319 e. The Balaban J connectivity index is 2.12. The van der Waals surface area contributed by atoms with Crippen LogP contribution in [-0.2, 0) is 5.54 Å². The molecule has 0 aliphatic heterocycles. The number of nitrogens with one attached hydrogen (secondary N) is 1. The summed E-state index contributed by atoms with van der Waals surface area (Å²) in [6, 6.07) is 7.16. The van der Waals surface area contributed by atoms with Gasteiger partial charge < -0.3 is 5.73 Å². The highest BCUT2D eigenvalue weighted by molar-refractivity contribution is 6.30. The summed E-state index contributed by atoms with van der Waals surface area (Å²) in [5.41, 5.74) is 6.37. The molecule has 3 N–H and O–H groups in total. The van der Waals surface area contributed by atoms with Gasteiger partial charge in [0.1, 0.15) is 0 Å². The quantitative estimate of drug-likeness (QED) is 0.892. The van der Waals surface area contributed by atoms with Crippen LogP contribution in [0.5, 0.6) is 0 Å². The van der Waals surface area contributed by atoms with E-state index < -0.39 is 5.54 Å². The van der Waals surface area contributed by atoms with Crippen molar-refractivity contribution in [1.29, 1.82) is 0 Å². The standard InChI is InChI=1S/C14H17ClN4O/c15-10-5-4-6-11(9-10)19-12(17-18-13(19)20)14(16)7-2-1-3-8-14/h4-6,9H,1-3,7-8,16H2,(H,18,20). The van der Waals surface area contributed by atoms with Crippen LogP contribution in [0.25, 0.3) is 5.69 Å². The van der Waals surface area contributed by atoms with Gasteiger partial charge in [-0.1, -0.05) is 36.9 Å². The highest BCUT2D eigenvalue weighted by Crippen LogP contribution is 2.34. The van der Waals surface area contributed by atoms with Gasteiger partial charge in [0, 0.05) is 5.02 Å². The van der Waals surface area contributed by atoms with Gasteiger partial charge in [0.15, 0.2) is 5.82 Å². The van der Waals surface area contributed by atoms with Crippen molar-refractivity contribution in [2.45, 2.75) is 37.6 Å². The predicted octanol–water partition coefficient (Wildman–Crippen LogP) is 2.33. The largest absolute Gasteiger partial charge is 0.347 e. The molecule has 106 valence electrons. The third kappa shape index (κ3) is 2.27. The van der Waals surface area contributed by atoms with Crippen molar-refractivity contribution >= 4 is 11.6 Å². The van der Waals surface area contributed by atoms with E-state index in [9.17, 15) is 4.79 Å². The molecule has 1 fully saturated rings. The Morgan fingerprint density at radius 3 is 2.75 bits per heavy atom. The van der Waals surface area contributed by atoms with Crippen LogP contribution in [-0.4, -0.2) is 14.8 Å². The van der Waals surface area contributed by atoms with E-state index in [-0.39, 0.29) is 5.69 Å². The van der Waals surface area contributed by atoms with Crippen LogP contribution in [0.15, 0.2) is 29.1 Å². The lowest BCUT2D eigenvalue weighted by Gasteiger charge is -2.32. The maximum Gasteiger partial charge on any atom is 0.347 e. The van der Waals surface area contributed by atoms with E-state index >= 15 is 0 Å². The summed E-state index contributed by atoms with van der Waals surface area (Å²) in [4.78, 5) is 12.1. The third-order valence-corrected chi connectivity index (χ3v) is 4.16. The molecule has 1 aliphatic carbocycles. The molecular weight excluding hydrogens is 276 g/mol. The fourth-order valence-corrected chi connectivity index (χ4v) is 3.08. The van der Waals surface area contributed by atoms with Crippen LogP contribution in [0.1, 0.15) is 37.9 Å². The lowest BCUT2D eigenvalue weighted by atomic mass is 9.82. The van der Waals surface area contributed by atoms with Crippen molar-refractivity contribution in [1.82, 2.24) is 14.8 Å². The predicted molar refractivity (Wildman–Crippen MR) is 78.1 cm³/mol. The van der Waals surface area contributed by atoms with E-state index in [2.05, 4.69) is 10.2 Å². The first-order valence-corrected chi connectivity index (χ1v) is 7.21. The highest BCUT2D eigenvalue weighted by Gasteiger charge is 2.35. The molecule has 1 aromatic carbocycles. The molecule has 2 aromatic rings. The van der Waals surface area contributed by atoms with Gasteiger partial charge in [-0.3, -0.25) is 0 Å². The number of aromatic nitrogens is 3. The van der Waals surface area contributed by atoms with Gasteiger partial charge in [0.2, 0.25) is 0 Å². The molecule has 6 heteroatoms. The molecule has 3 rings (SSSR count). The molecule has 5 nitrogen and oxygen atoms in total. The zero-order valence-electron chi connectivity index (χ0n) is 11.1. The van der Waals surface area contributed by atoms with E-state index in [1.807, 2.05) is 12.1 Å². The molecule has 1 aromatic heterocycles. The van der Waals surface area contributed by atoms with Gasteiger partial charge in [-0.15, -0.1) is 0 Å². The van der Waals surface area contributed by atoms with Crippen LogP contribution in [0.4, 0.5) is 0 Å². The third-order valence-electron chi connectivity index (χ3n) is 3.93. The maximum atomic E-state index is 12.1. The number of nitrogens with two attached hydrogens (primary N) is 1. The zero-order chi connectivity index (χ0) is 14.2. The molecule has 20 heavy (non-hydrogen) atoms. The monoisotopic (exact) mass is 292 g/mol. The van der Waals surface area contributed by atoms with Crippen molar-refractivity contribution in [2.75, 3.05) is 0 Å². The molecule has 0 amide bonds. The molecular formula is C14H17ClN4O. The molecule has 0 spiro atoms. The van der Waals surface area contributed by atoms with Crippen LogP contribution in [0.3, 0.4) is 0 Å². The Kier molecular flexibility index (Phi) is 3.40. The van der Waals surface area contributed by atoms with Gasteiger partial charge in [-0.25, -0.2) is 14.5 Å². The first-order valence-electron chi connectivity index (χ1n) is 6.83. The molecule has 0 saturated heterocycles. The van der Waals surface area contributed by atoms with Crippen molar-refractivity contribution in [3.8, 4) is 5.69 Å². The van der Waals surface area contributed by atoms with Crippen molar-refractivity contribution in [3.05, 3.63) is 45.6 Å². The van der Waals surface area contributed by atoms with Crippen LogP contribution in [0, 0.1) is 0 Å². The Labute approximate surface area is 121 Å². The summed E-state index contributed by atoms with van der Waals surface area (Å²) < 4.78 is 1.54. The lowest BCUT2D eigenvalue weighted by Crippen LogP contribution is -2.42. The minimum atomic E-state index is -0.542. The second-order valence-electron chi connectivity index (χ2n) is 5.38. The van der Waals surface area contributed by atoms with Gasteiger partial charge in [-0.05, 0) is 31.0 Å². The molecule has 1 saturated carbocycles. The van der Waals surface area contributed by atoms with E-state index in [1.54, 1.807) is 12.1 Å². The van der Waals surface area contributed by atoms with E-state index in [4.69, 9.17) is 17.3 Å². The first-order chi connectivity index (χ1) is 9.60. The summed E-state index contributed by atoms with van der Waals surface area (Å²) in [6.45, 7) is 0. The van der Waals surface area contributed by atoms with E-state index in [1.165, 1.54) is 11.0 Å². The fourth-order valence-electron chi connectivity index (χ4n) is 2.89. The van der Waals surface area contributed by atoms with E-state index in [0.29, 0.717) is 16.5 Å². The molecule has 0 radical (unpaired) electrons. The summed E-state index contributed by atoms with van der Waals surface area (Å²) in [6.07, 6.45) is 5.00. The Bertz CT molecular complexity index is 670. The van der Waals surface area contributed by atoms with Gasteiger partial charge in [0.05, 0.1) is 11.2 Å². The number of H-pyrrole nitrogens is 1. The molecule has 0 atom stereocenters. The van der Waals surface area contributed by atoms with E-state index in [0.717, 1.165) is 25.7 Å². The number of benzene rings is 1. The van der Waals surface area contributed by atoms with Crippen LogP contribution < -0.4 is 11.4 Å². The van der Waals surface area contributed by atoms with Crippen molar-refractivity contribution < 1.29 is 0 Å². The normalized spacial score (nSPS) is 18.1. The van der Waals surface area contributed by atoms with Crippen LogP contribution >= 0.6 is 11.6 Å². The lowest BCUT2D eigenvalue weighted by molar-refractivity contribution is 0.283. The van der Waals surface area contributed by atoms with Gasteiger partial charge >= 0.3 is 5.69 Å². The van der Waals surface area contributed by atoms with Crippen LogP contribution in [0.2, 0.25) is 5.02 Å². The molecule has 0 unspecified atom stereocenters. The Hall–Kier alpha value is -1.59. The highest BCUT2D eigenvalue weighted by atomic mass is 35.5. The second-order valence-corrected chi connectivity index (χ2v) is 5.82. The molecule has 1 heterocycles. The number of hydrogen-bond donors (Lipinski definition) is 2. The topological polar surface area (TPSA) is 76.7 Å². The summed E-state index contributed by atoms with van der Waals surface area (Å²) >= 11 is 6.01. The zero-order valence-corrected chi connectivity index (χ0v) is 11.9. The number of hydrogen-bond acceptors (Lipinski definition) is 3. The smallest absolute Gasteiger partial charge is 0.319 e. The Morgan fingerprint density at radius 1 is 1.30 bits per heavy atom. The van der Waals surface area contributed by atoms with Crippen molar-refractivity contribution in [2.24, 2.45) is 5.73 Å². The number of aromatic amines is 1. The molecule has 1 aliphatic rings. The SMILES string of the molecule is NC1(c2n[nH]c(=O)n2-c2cccc(Cl)c2)CCCCC1. The Morgan fingerprint density at radius 2 is 2.05 bits per heavy atom. The summed E-state index contributed by atoms with van der Waals surface area (Å²) in [5.74, 6) is 0.601.